The molecule has 3 rings (SSSR count). The van der Waals surface area contributed by atoms with Crippen molar-refractivity contribution in [3.05, 3.63) is 29.3 Å². The minimum atomic E-state index is -3.37. The number of nitrogens with zero attached hydrogens (tertiary/aromatic N) is 3. The third-order valence-corrected chi connectivity index (χ3v) is 6.63. The van der Waals surface area contributed by atoms with E-state index in [9.17, 15) is 13.2 Å². The number of sulfone groups is 1. The Kier molecular flexibility index (Phi) is 5.21. The van der Waals surface area contributed by atoms with Crippen LogP contribution >= 0.6 is 11.5 Å². The number of furan rings is 1. The van der Waals surface area contributed by atoms with Crippen molar-refractivity contribution < 1.29 is 22.4 Å². The molecule has 0 aromatic carbocycles. The highest BCUT2D eigenvalue weighted by Crippen LogP contribution is 2.32. The van der Waals surface area contributed by atoms with Crippen LogP contribution in [0.25, 0.3) is 0 Å². The van der Waals surface area contributed by atoms with Gasteiger partial charge in [-0.05, 0) is 25.0 Å². The zero-order valence-corrected chi connectivity index (χ0v) is 15.6. The van der Waals surface area contributed by atoms with Crippen LogP contribution in [0.3, 0.4) is 0 Å². The van der Waals surface area contributed by atoms with Gasteiger partial charge in [-0.1, -0.05) is 4.49 Å². The maximum atomic E-state index is 12.7. The number of aromatic nitrogens is 2. The van der Waals surface area contributed by atoms with Crippen LogP contribution in [0.2, 0.25) is 0 Å². The molecule has 1 atom stereocenters. The molecular formula is C15H19N3O5S2. The molecule has 1 unspecified atom stereocenters. The van der Waals surface area contributed by atoms with E-state index in [0.717, 1.165) is 30.6 Å². The third kappa shape index (κ3) is 3.91. The number of piperidine rings is 1. The smallest absolute Gasteiger partial charge is 0.289 e. The summed E-state index contributed by atoms with van der Waals surface area (Å²) in [6, 6.07) is 3.34. The Morgan fingerprint density at radius 2 is 2.28 bits per heavy atom. The molecule has 1 aliphatic heterocycles. The van der Waals surface area contributed by atoms with Crippen molar-refractivity contribution in [1.29, 1.82) is 0 Å². The van der Waals surface area contributed by atoms with Crippen molar-refractivity contribution in [2.45, 2.75) is 29.6 Å². The minimum Gasteiger partial charge on any atom is -0.453 e. The Morgan fingerprint density at radius 1 is 1.48 bits per heavy atom. The molecule has 1 fully saturated rings. The lowest BCUT2D eigenvalue weighted by Crippen LogP contribution is -2.39. The minimum absolute atomic E-state index is 0.144. The van der Waals surface area contributed by atoms with Gasteiger partial charge >= 0.3 is 0 Å². The molecule has 8 nitrogen and oxygen atoms in total. The first kappa shape index (κ1) is 18.0. The number of rotatable bonds is 5. The standard InChI is InChI=1S/C15H19N3O5S2/c1-22-9-11-5-6-12(23-11)14(19)18-7-3-4-10(8-18)13-15(24-17-16-13)25(2,20)21/h5-6,10H,3-4,7-9H2,1-2H3. The van der Waals surface area contributed by atoms with Gasteiger partial charge in [0.15, 0.2) is 19.8 Å². The summed E-state index contributed by atoms with van der Waals surface area (Å²) in [5, 5.41) is 4.01. The van der Waals surface area contributed by atoms with Gasteiger partial charge in [0.05, 0.1) is 5.69 Å². The van der Waals surface area contributed by atoms with E-state index in [1.54, 1.807) is 24.1 Å². The fourth-order valence-corrected chi connectivity index (χ4v) is 4.68. The average molecular weight is 385 g/mol. The predicted octanol–water partition coefficient (Wildman–Crippen LogP) is 1.70. The molecule has 1 saturated heterocycles. The van der Waals surface area contributed by atoms with Gasteiger partial charge in [-0.3, -0.25) is 4.79 Å². The molecule has 25 heavy (non-hydrogen) atoms. The molecule has 0 bridgehead atoms. The number of carbonyl (C=O) groups excluding carboxylic acids is 1. The van der Waals surface area contributed by atoms with Gasteiger partial charge < -0.3 is 14.1 Å². The number of ether oxygens (including phenoxy) is 1. The molecule has 1 amide bonds. The number of methoxy groups -OCH3 is 1. The molecule has 2 aromatic rings. The first-order valence-corrected chi connectivity index (χ1v) is 10.5. The summed E-state index contributed by atoms with van der Waals surface area (Å²) in [6.07, 6.45) is 2.69. The predicted molar refractivity (Wildman–Crippen MR) is 90.3 cm³/mol. The van der Waals surface area contributed by atoms with E-state index >= 15 is 0 Å². The van der Waals surface area contributed by atoms with E-state index < -0.39 is 9.84 Å². The molecule has 0 radical (unpaired) electrons. The normalized spacial score (nSPS) is 18.5. The summed E-state index contributed by atoms with van der Waals surface area (Å²) in [4.78, 5) is 14.3. The summed E-state index contributed by atoms with van der Waals surface area (Å²) in [6.45, 7) is 1.30. The van der Waals surface area contributed by atoms with E-state index in [-0.39, 0.29) is 21.8 Å². The summed E-state index contributed by atoms with van der Waals surface area (Å²) >= 11 is 0.880. The van der Waals surface area contributed by atoms with Gasteiger partial charge in [0, 0.05) is 43.9 Å². The lowest BCUT2D eigenvalue weighted by Gasteiger charge is -2.31. The summed E-state index contributed by atoms with van der Waals surface area (Å²) in [7, 11) is -1.82. The quantitative estimate of drug-likeness (QED) is 0.772. The lowest BCUT2D eigenvalue weighted by atomic mass is 9.95. The van der Waals surface area contributed by atoms with E-state index in [0.29, 0.717) is 31.2 Å². The second-order valence-corrected chi connectivity index (χ2v) is 8.97. The number of amides is 1. The van der Waals surface area contributed by atoms with Crippen molar-refractivity contribution in [2.24, 2.45) is 0 Å². The van der Waals surface area contributed by atoms with Crippen LogP contribution in [0.5, 0.6) is 0 Å². The van der Waals surface area contributed by atoms with Gasteiger partial charge in [-0.15, -0.1) is 5.10 Å². The highest BCUT2D eigenvalue weighted by Gasteiger charge is 2.32. The Hall–Kier alpha value is -1.78. The Morgan fingerprint density at radius 3 is 3.00 bits per heavy atom. The number of hydrogen-bond acceptors (Lipinski definition) is 8. The Balaban J connectivity index is 1.77. The van der Waals surface area contributed by atoms with Crippen molar-refractivity contribution in [3.8, 4) is 0 Å². The van der Waals surface area contributed by atoms with E-state index in [2.05, 4.69) is 9.59 Å². The maximum absolute atomic E-state index is 12.7. The number of hydrogen-bond donors (Lipinski definition) is 0. The number of likely N-dealkylation sites (tertiary alicyclic amines) is 1. The fraction of sp³-hybridized carbons (Fsp3) is 0.533. The molecule has 1 aliphatic rings. The summed E-state index contributed by atoms with van der Waals surface area (Å²) in [5.74, 6) is 0.487. The molecule has 2 aromatic heterocycles. The van der Waals surface area contributed by atoms with Crippen LogP contribution in [-0.4, -0.2) is 55.3 Å². The van der Waals surface area contributed by atoms with Gasteiger partial charge in [0.1, 0.15) is 12.4 Å². The Bertz CT molecular complexity index is 858. The van der Waals surface area contributed by atoms with E-state index in [1.807, 2.05) is 0 Å². The van der Waals surface area contributed by atoms with Gasteiger partial charge in [-0.25, -0.2) is 8.42 Å². The summed E-state index contributed by atoms with van der Waals surface area (Å²) in [5.41, 5.74) is 0.463. The van der Waals surface area contributed by atoms with Gasteiger partial charge in [0.2, 0.25) is 0 Å². The Labute approximate surface area is 149 Å². The van der Waals surface area contributed by atoms with Crippen LogP contribution in [0, 0.1) is 0 Å². The van der Waals surface area contributed by atoms with Crippen LogP contribution in [-0.2, 0) is 21.2 Å². The highest BCUT2D eigenvalue weighted by atomic mass is 32.2. The largest absolute Gasteiger partial charge is 0.453 e. The molecular weight excluding hydrogens is 366 g/mol. The van der Waals surface area contributed by atoms with Gasteiger partial charge in [-0.2, -0.15) is 0 Å². The van der Waals surface area contributed by atoms with Crippen LogP contribution in [0.4, 0.5) is 0 Å². The lowest BCUT2D eigenvalue weighted by molar-refractivity contribution is 0.0665. The molecule has 0 aliphatic carbocycles. The topological polar surface area (TPSA) is 103 Å². The second kappa shape index (κ2) is 7.22. The van der Waals surface area contributed by atoms with Crippen molar-refractivity contribution in [1.82, 2.24) is 14.5 Å². The van der Waals surface area contributed by atoms with Crippen molar-refractivity contribution in [3.63, 3.8) is 0 Å². The van der Waals surface area contributed by atoms with Crippen LogP contribution < -0.4 is 0 Å². The zero-order valence-electron chi connectivity index (χ0n) is 14.0. The maximum Gasteiger partial charge on any atom is 0.289 e. The van der Waals surface area contributed by atoms with Crippen LogP contribution in [0.15, 0.2) is 20.8 Å². The monoisotopic (exact) mass is 385 g/mol. The first-order valence-electron chi connectivity index (χ1n) is 7.79. The van der Waals surface area contributed by atoms with Crippen molar-refractivity contribution >= 4 is 27.3 Å². The van der Waals surface area contributed by atoms with Gasteiger partial charge in [0.25, 0.3) is 5.91 Å². The fourth-order valence-electron chi connectivity index (χ4n) is 2.95. The summed E-state index contributed by atoms with van der Waals surface area (Å²) < 4.78 is 38.2. The molecule has 0 spiro atoms. The average Bonchev–Trinajstić information content (AvgIpc) is 3.23. The molecule has 10 heteroatoms. The highest BCUT2D eigenvalue weighted by molar-refractivity contribution is 7.92. The van der Waals surface area contributed by atoms with Crippen LogP contribution in [0.1, 0.15) is 40.8 Å². The van der Waals surface area contributed by atoms with Crippen molar-refractivity contribution in [2.75, 3.05) is 26.5 Å². The zero-order chi connectivity index (χ0) is 18.0. The number of carbonyl (C=O) groups is 1. The van der Waals surface area contributed by atoms with E-state index in [4.69, 9.17) is 9.15 Å². The molecule has 136 valence electrons. The molecule has 0 N–H and O–H groups in total. The van der Waals surface area contributed by atoms with E-state index in [1.165, 1.54) is 0 Å². The molecule has 0 saturated carbocycles. The SMILES string of the molecule is COCc1ccc(C(=O)N2CCCC(c3nnsc3S(C)(=O)=O)C2)o1. The first-order chi connectivity index (χ1) is 11.9. The third-order valence-electron chi connectivity index (χ3n) is 4.07. The molecule has 3 heterocycles. The second-order valence-electron chi connectivity index (χ2n) is 6.01.